The van der Waals surface area contributed by atoms with Crippen molar-refractivity contribution in [2.24, 2.45) is 11.3 Å². The molecule has 1 spiro atoms. The van der Waals surface area contributed by atoms with Crippen molar-refractivity contribution in [1.29, 1.82) is 0 Å². The van der Waals surface area contributed by atoms with Crippen molar-refractivity contribution in [3.8, 4) is 11.5 Å². The number of hydrogen-bond donors (Lipinski definition) is 2. The first-order valence-corrected chi connectivity index (χ1v) is 8.74. The van der Waals surface area contributed by atoms with Crippen molar-refractivity contribution in [3.05, 3.63) is 23.3 Å². The maximum atomic E-state index is 12.7. The molecule has 0 radical (unpaired) electrons. The Bertz CT molecular complexity index is 623. The molecule has 2 fully saturated rings. The molecule has 2 atom stereocenters. The Hall–Kier alpha value is -1.75. The normalized spacial score (nSPS) is 22.8. The summed E-state index contributed by atoms with van der Waals surface area (Å²) in [5.41, 5.74) is 2.43. The lowest BCUT2D eigenvalue weighted by Gasteiger charge is -2.24. The minimum atomic E-state index is -0.0447. The van der Waals surface area contributed by atoms with Crippen LogP contribution in [0.2, 0.25) is 0 Å². The van der Waals surface area contributed by atoms with Crippen molar-refractivity contribution < 1.29 is 14.3 Å². The fraction of sp³-hybridized carbons (Fsp3) is 0.632. The third-order valence-electron chi connectivity index (χ3n) is 5.70. The minimum Gasteiger partial charge on any atom is -0.493 e. The highest BCUT2D eigenvalue weighted by Crippen LogP contribution is 2.58. The molecule has 0 bridgehead atoms. The number of benzene rings is 1. The van der Waals surface area contributed by atoms with E-state index in [1.807, 2.05) is 26.0 Å². The zero-order chi connectivity index (χ0) is 17.3. The van der Waals surface area contributed by atoms with Crippen molar-refractivity contribution in [2.45, 2.75) is 39.2 Å². The predicted molar refractivity (Wildman–Crippen MR) is 93.5 cm³/mol. The summed E-state index contributed by atoms with van der Waals surface area (Å²) in [6.45, 7) is 6.14. The van der Waals surface area contributed by atoms with Crippen molar-refractivity contribution in [1.82, 2.24) is 10.6 Å². The summed E-state index contributed by atoms with van der Waals surface area (Å²) < 4.78 is 10.7. The summed E-state index contributed by atoms with van der Waals surface area (Å²) in [5.74, 6) is 1.79. The maximum Gasteiger partial charge on any atom is 0.224 e. The molecule has 24 heavy (non-hydrogen) atoms. The number of aryl methyl sites for hydroxylation is 1. The Labute approximate surface area is 144 Å². The van der Waals surface area contributed by atoms with E-state index in [0.717, 1.165) is 43.5 Å². The maximum absolute atomic E-state index is 12.7. The average Bonchev–Trinajstić information content (AvgIpc) is 3.28. The van der Waals surface area contributed by atoms with Crippen LogP contribution in [0.3, 0.4) is 0 Å². The lowest BCUT2D eigenvalue weighted by atomic mass is 9.91. The van der Waals surface area contributed by atoms with Gasteiger partial charge in [0.15, 0.2) is 11.5 Å². The van der Waals surface area contributed by atoms with Crippen molar-refractivity contribution >= 4 is 5.91 Å². The van der Waals surface area contributed by atoms with Gasteiger partial charge in [0.2, 0.25) is 5.91 Å². The van der Waals surface area contributed by atoms with E-state index in [1.165, 1.54) is 0 Å². The molecule has 2 aliphatic rings. The Kier molecular flexibility index (Phi) is 4.72. The van der Waals surface area contributed by atoms with Gasteiger partial charge in [0.05, 0.1) is 20.3 Å². The van der Waals surface area contributed by atoms with Crippen LogP contribution in [0.15, 0.2) is 12.1 Å². The summed E-state index contributed by atoms with van der Waals surface area (Å²) in [6.07, 6.45) is 3.28. The number of ether oxygens (including phenoxy) is 2. The van der Waals surface area contributed by atoms with Crippen LogP contribution in [-0.2, 0) is 4.79 Å². The van der Waals surface area contributed by atoms with Crippen LogP contribution in [-0.4, -0.2) is 33.2 Å². The second kappa shape index (κ2) is 6.63. The van der Waals surface area contributed by atoms with E-state index in [4.69, 9.17) is 9.47 Å². The largest absolute Gasteiger partial charge is 0.493 e. The molecule has 2 unspecified atom stereocenters. The van der Waals surface area contributed by atoms with Crippen molar-refractivity contribution in [3.63, 3.8) is 0 Å². The molecule has 1 aromatic rings. The van der Waals surface area contributed by atoms with Crippen LogP contribution in [0.25, 0.3) is 0 Å². The fourth-order valence-corrected chi connectivity index (χ4v) is 4.05. The highest BCUT2D eigenvalue weighted by Gasteiger charge is 2.57. The predicted octanol–water partition coefficient (Wildman–Crippen LogP) is 2.58. The minimum absolute atomic E-state index is 0.0447. The highest BCUT2D eigenvalue weighted by molar-refractivity contribution is 5.83. The lowest BCUT2D eigenvalue weighted by molar-refractivity contribution is -0.123. The Morgan fingerprint density at radius 3 is 2.50 bits per heavy atom. The molecular formula is C19H28N2O3. The zero-order valence-corrected chi connectivity index (χ0v) is 15.1. The average molecular weight is 332 g/mol. The fourth-order valence-electron chi connectivity index (χ4n) is 4.05. The summed E-state index contributed by atoms with van der Waals surface area (Å²) in [4.78, 5) is 12.7. The first-order valence-electron chi connectivity index (χ1n) is 8.74. The Balaban J connectivity index is 1.69. The third-order valence-corrected chi connectivity index (χ3v) is 5.70. The van der Waals surface area contributed by atoms with E-state index in [2.05, 4.69) is 10.6 Å². The van der Waals surface area contributed by atoms with E-state index in [9.17, 15) is 4.79 Å². The molecule has 1 aliphatic heterocycles. The molecule has 1 saturated heterocycles. The number of nitrogens with one attached hydrogen (secondary N) is 2. The monoisotopic (exact) mass is 332 g/mol. The number of rotatable bonds is 5. The van der Waals surface area contributed by atoms with Crippen LogP contribution in [0.5, 0.6) is 11.5 Å². The van der Waals surface area contributed by atoms with Gasteiger partial charge in [0.25, 0.3) is 0 Å². The lowest BCUT2D eigenvalue weighted by Crippen LogP contribution is -2.34. The first-order chi connectivity index (χ1) is 11.5. The molecule has 1 aromatic carbocycles. The molecule has 1 aliphatic carbocycles. The first kappa shape index (κ1) is 17.1. The number of methoxy groups -OCH3 is 2. The smallest absolute Gasteiger partial charge is 0.224 e. The van der Waals surface area contributed by atoms with Gasteiger partial charge >= 0.3 is 0 Å². The number of amides is 1. The second-order valence-electron chi connectivity index (χ2n) is 7.16. The molecule has 0 aromatic heterocycles. The molecule has 132 valence electrons. The van der Waals surface area contributed by atoms with Gasteiger partial charge in [-0.1, -0.05) is 0 Å². The van der Waals surface area contributed by atoms with Gasteiger partial charge in [0, 0.05) is 5.92 Å². The van der Waals surface area contributed by atoms with Gasteiger partial charge in [-0.3, -0.25) is 4.79 Å². The van der Waals surface area contributed by atoms with Crippen LogP contribution in [0, 0.1) is 18.3 Å². The molecular weight excluding hydrogens is 304 g/mol. The standard InChI is InChI=1S/C19H28N2O3/c1-12-9-16(23-3)17(24-4)10-14(12)13(2)21-18(22)15-11-19(15)5-7-20-8-6-19/h9-10,13,15,20H,5-8,11H2,1-4H3,(H,21,22). The SMILES string of the molecule is COc1cc(C)c(C(C)NC(=O)C2CC23CCNCC3)cc1OC. The van der Waals surface area contributed by atoms with E-state index < -0.39 is 0 Å². The third kappa shape index (κ3) is 3.09. The van der Waals surface area contributed by atoms with Crippen LogP contribution < -0.4 is 20.1 Å². The molecule has 5 heteroatoms. The topological polar surface area (TPSA) is 59.6 Å². The van der Waals surface area contributed by atoms with Gasteiger partial charge < -0.3 is 20.1 Å². The van der Waals surface area contributed by atoms with Crippen molar-refractivity contribution in [2.75, 3.05) is 27.3 Å². The summed E-state index contributed by atoms with van der Waals surface area (Å²) in [5, 5.41) is 6.58. The highest BCUT2D eigenvalue weighted by atomic mass is 16.5. The van der Waals surface area contributed by atoms with Crippen LogP contribution >= 0.6 is 0 Å². The molecule has 1 heterocycles. The van der Waals surface area contributed by atoms with Gasteiger partial charge in [0.1, 0.15) is 0 Å². The second-order valence-corrected chi connectivity index (χ2v) is 7.16. The number of carbonyl (C=O) groups excluding carboxylic acids is 1. The summed E-state index contributed by atoms with van der Waals surface area (Å²) in [7, 11) is 3.26. The van der Waals surface area contributed by atoms with Gasteiger partial charge in [-0.05, 0) is 74.9 Å². The van der Waals surface area contributed by atoms with Gasteiger partial charge in [-0.25, -0.2) is 0 Å². The Morgan fingerprint density at radius 1 is 1.25 bits per heavy atom. The number of hydrogen-bond acceptors (Lipinski definition) is 4. The molecule has 1 amide bonds. The molecule has 5 nitrogen and oxygen atoms in total. The van der Waals surface area contributed by atoms with Gasteiger partial charge in [-0.15, -0.1) is 0 Å². The van der Waals surface area contributed by atoms with Crippen LogP contribution in [0.1, 0.15) is 43.4 Å². The molecule has 3 rings (SSSR count). The Morgan fingerprint density at radius 2 is 1.88 bits per heavy atom. The summed E-state index contributed by atoms with van der Waals surface area (Å²) >= 11 is 0. The molecule has 2 N–H and O–H groups in total. The summed E-state index contributed by atoms with van der Waals surface area (Å²) in [6, 6.07) is 3.88. The van der Waals surface area contributed by atoms with E-state index in [-0.39, 0.29) is 23.3 Å². The quantitative estimate of drug-likeness (QED) is 0.870. The van der Waals surface area contributed by atoms with E-state index in [1.54, 1.807) is 14.2 Å². The van der Waals surface area contributed by atoms with Gasteiger partial charge in [-0.2, -0.15) is 0 Å². The molecule has 1 saturated carbocycles. The number of carbonyl (C=O) groups is 1. The van der Waals surface area contributed by atoms with E-state index >= 15 is 0 Å². The van der Waals surface area contributed by atoms with Crippen LogP contribution in [0.4, 0.5) is 0 Å². The number of piperidine rings is 1. The zero-order valence-electron chi connectivity index (χ0n) is 15.1. The van der Waals surface area contributed by atoms with E-state index in [0.29, 0.717) is 11.5 Å².